The number of benzene rings is 1. The lowest BCUT2D eigenvalue weighted by Crippen LogP contribution is -2.71. The number of hydrogen-bond donors (Lipinski definition) is 1. The summed E-state index contributed by atoms with van der Waals surface area (Å²) in [4.78, 5) is 34.2. The normalized spacial score (nSPS) is 25.9. The van der Waals surface area contributed by atoms with Crippen molar-refractivity contribution in [2.45, 2.75) is 43.7 Å². The molecule has 0 radical (unpaired) electrons. The van der Waals surface area contributed by atoms with Crippen molar-refractivity contribution < 1.29 is 14.7 Å². The molecule has 1 saturated carbocycles. The molecular formula is C23H25N3O3. The molecule has 0 bridgehead atoms. The summed E-state index contributed by atoms with van der Waals surface area (Å²) in [6.07, 6.45) is 7.30. The van der Waals surface area contributed by atoms with Crippen LogP contribution in [0.1, 0.15) is 47.5 Å². The number of carbonyl (C=O) groups is 2. The first-order valence-electron chi connectivity index (χ1n) is 10.4. The fourth-order valence-electron chi connectivity index (χ4n) is 5.41. The van der Waals surface area contributed by atoms with Gasteiger partial charge in [0.05, 0.1) is 24.3 Å². The van der Waals surface area contributed by atoms with Crippen LogP contribution in [0.3, 0.4) is 0 Å². The van der Waals surface area contributed by atoms with Crippen LogP contribution in [0.15, 0.2) is 48.8 Å². The Morgan fingerprint density at radius 3 is 2.62 bits per heavy atom. The lowest BCUT2D eigenvalue weighted by molar-refractivity contribution is -0.123. The summed E-state index contributed by atoms with van der Waals surface area (Å²) >= 11 is 0. The summed E-state index contributed by atoms with van der Waals surface area (Å²) in [7, 11) is 0. The largest absolute Gasteiger partial charge is 0.394 e. The van der Waals surface area contributed by atoms with Gasteiger partial charge in [0, 0.05) is 36.5 Å². The van der Waals surface area contributed by atoms with E-state index in [-0.39, 0.29) is 42.3 Å². The van der Waals surface area contributed by atoms with Crippen LogP contribution in [0.2, 0.25) is 0 Å². The molecule has 1 aromatic carbocycles. The molecule has 2 aliphatic heterocycles. The van der Waals surface area contributed by atoms with Gasteiger partial charge >= 0.3 is 0 Å². The molecule has 6 nitrogen and oxygen atoms in total. The second-order valence-electron chi connectivity index (χ2n) is 8.29. The molecule has 1 N–H and O–H groups in total. The standard InChI is InChI=1S/C23H25N3O3/c27-14-20-21-17-9-3-4-10-18(17)25(22(28)15-6-1-2-7-15)13-19(21)26(20)23(29)16-8-5-11-24-12-16/h3-5,8-12,15,19-21,27H,1-2,6-7,13-14H2/t19-,20-,21+/m1/s1. The second-order valence-corrected chi connectivity index (χ2v) is 8.29. The van der Waals surface area contributed by atoms with Gasteiger partial charge in [-0.2, -0.15) is 0 Å². The summed E-state index contributed by atoms with van der Waals surface area (Å²) in [6.45, 7) is 0.386. The molecule has 0 spiro atoms. The Bertz CT molecular complexity index is 926. The number of nitrogens with zero attached hydrogens (tertiary/aromatic N) is 3. The van der Waals surface area contributed by atoms with Crippen LogP contribution in [-0.2, 0) is 4.79 Å². The van der Waals surface area contributed by atoms with Gasteiger partial charge in [-0.05, 0) is 36.6 Å². The molecule has 2 fully saturated rings. The minimum absolute atomic E-state index is 0.0458. The SMILES string of the molecule is O=C(C1CCCC1)N1C[C@@H]2[C@H](c3ccccc31)[C@@H](CO)N2C(=O)c1cccnc1. The molecule has 2 amide bonds. The Morgan fingerprint density at radius 1 is 1.10 bits per heavy atom. The number of likely N-dealkylation sites (tertiary alicyclic amines) is 1. The summed E-state index contributed by atoms with van der Waals surface area (Å²) in [5.41, 5.74) is 2.51. The Labute approximate surface area is 170 Å². The van der Waals surface area contributed by atoms with Crippen LogP contribution in [0.25, 0.3) is 0 Å². The number of anilines is 1. The van der Waals surface area contributed by atoms with E-state index in [2.05, 4.69) is 4.98 Å². The first-order chi connectivity index (χ1) is 14.2. The Kier molecular flexibility index (Phi) is 4.59. The molecule has 2 aromatic rings. The average molecular weight is 391 g/mol. The minimum atomic E-state index is -0.280. The highest BCUT2D eigenvalue weighted by atomic mass is 16.3. The number of aliphatic hydroxyl groups excluding tert-OH is 1. The number of hydrogen-bond acceptors (Lipinski definition) is 4. The number of amides is 2. The van der Waals surface area contributed by atoms with E-state index in [9.17, 15) is 14.7 Å². The number of fused-ring (bicyclic) bond motifs is 3. The maximum atomic E-state index is 13.3. The van der Waals surface area contributed by atoms with E-state index in [1.807, 2.05) is 29.2 Å². The topological polar surface area (TPSA) is 73.7 Å². The van der Waals surface area contributed by atoms with Crippen molar-refractivity contribution >= 4 is 17.5 Å². The lowest BCUT2D eigenvalue weighted by Gasteiger charge is -2.59. The van der Waals surface area contributed by atoms with Gasteiger partial charge in [0.25, 0.3) is 5.91 Å². The monoisotopic (exact) mass is 391 g/mol. The quantitative estimate of drug-likeness (QED) is 0.873. The van der Waals surface area contributed by atoms with Crippen LogP contribution in [-0.4, -0.2) is 52.0 Å². The highest BCUT2D eigenvalue weighted by molar-refractivity contribution is 5.99. The van der Waals surface area contributed by atoms with Gasteiger partial charge in [0.1, 0.15) is 0 Å². The summed E-state index contributed by atoms with van der Waals surface area (Å²) in [5, 5.41) is 10.1. The van der Waals surface area contributed by atoms with E-state index in [4.69, 9.17) is 0 Å². The van der Waals surface area contributed by atoms with E-state index in [0.717, 1.165) is 36.9 Å². The number of rotatable bonds is 3. The van der Waals surface area contributed by atoms with Crippen molar-refractivity contribution in [3.8, 4) is 0 Å². The molecule has 29 heavy (non-hydrogen) atoms. The minimum Gasteiger partial charge on any atom is -0.394 e. The molecule has 0 unspecified atom stereocenters. The average Bonchev–Trinajstić information content (AvgIpc) is 3.29. The van der Waals surface area contributed by atoms with Crippen molar-refractivity contribution in [3.63, 3.8) is 0 Å². The van der Waals surface area contributed by atoms with E-state index < -0.39 is 0 Å². The third kappa shape index (κ3) is 2.85. The summed E-state index contributed by atoms with van der Waals surface area (Å²) in [5.74, 6) is 0.168. The van der Waals surface area contributed by atoms with Crippen molar-refractivity contribution in [2.24, 2.45) is 5.92 Å². The van der Waals surface area contributed by atoms with E-state index in [0.29, 0.717) is 12.1 Å². The van der Waals surface area contributed by atoms with E-state index >= 15 is 0 Å². The van der Waals surface area contributed by atoms with Gasteiger partial charge in [-0.3, -0.25) is 14.6 Å². The number of para-hydroxylation sites is 1. The molecule has 3 atom stereocenters. The van der Waals surface area contributed by atoms with Gasteiger partial charge in [0.15, 0.2) is 0 Å². The molecule has 1 aliphatic carbocycles. The maximum absolute atomic E-state index is 13.3. The van der Waals surface area contributed by atoms with Gasteiger partial charge < -0.3 is 14.9 Å². The van der Waals surface area contributed by atoms with Crippen molar-refractivity contribution in [1.29, 1.82) is 0 Å². The van der Waals surface area contributed by atoms with Crippen LogP contribution in [0.4, 0.5) is 5.69 Å². The molecule has 6 heteroatoms. The van der Waals surface area contributed by atoms with Crippen LogP contribution in [0.5, 0.6) is 0 Å². The number of carbonyl (C=O) groups excluding carboxylic acids is 2. The smallest absolute Gasteiger partial charge is 0.256 e. The Hall–Kier alpha value is -2.73. The Balaban J connectivity index is 1.50. The molecule has 1 aromatic heterocycles. The first kappa shape index (κ1) is 18.3. The van der Waals surface area contributed by atoms with Crippen molar-refractivity contribution in [1.82, 2.24) is 9.88 Å². The zero-order chi connectivity index (χ0) is 20.0. The van der Waals surface area contributed by atoms with Crippen molar-refractivity contribution in [3.05, 3.63) is 59.9 Å². The van der Waals surface area contributed by atoms with E-state index in [1.54, 1.807) is 29.4 Å². The predicted octanol–water partition coefficient (Wildman–Crippen LogP) is 2.59. The third-order valence-corrected chi connectivity index (χ3v) is 6.80. The van der Waals surface area contributed by atoms with Gasteiger partial charge in [0.2, 0.25) is 5.91 Å². The predicted molar refractivity (Wildman–Crippen MR) is 109 cm³/mol. The molecule has 1 saturated heterocycles. The van der Waals surface area contributed by atoms with Gasteiger partial charge in [-0.1, -0.05) is 31.0 Å². The number of aliphatic hydroxyl groups is 1. The second kappa shape index (κ2) is 7.26. The zero-order valence-electron chi connectivity index (χ0n) is 16.3. The number of pyridine rings is 1. The molecule has 150 valence electrons. The fourth-order valence-corrected chi connectivity index (χ4v) is 5.41. The van der Waals surface area contributed by atoms with Crippen LogP contribution < -0.4 is 4.90 Å². The summed E-state index contributed by atoms with van der Waals surface area (Å²) in [6, 6.07) is 11.0. The third-order valence-electron chi connectivity index (χ3n) is 6.80. The lowest BCUT2D eigenvalue weighted by atomic mass is 9.71. The summed E-state index contributed by atoms with van der Waals surface area (Å²) < 4.78 is 0. The maximum Gasteiger partial charge on any atom is 0.256 e. The molecule has 3 aliphatic rings. The van der Waals surface area contributed by atoms with Crippen LogP contribution >= 0.6 is 0 Å². The number of aromatic nitrogens is 1. The first-order valence-corrected chi connectivity index (χ1v) is 10.4. The molecular weight excluding hydrogens is 366 g/mol. The van der Waals surface area contributed by atoms with E-state index in [1.165, 1.54) is 0 Å². The van der Waals surface area contributed by atoms with Crippen molar-refractivity contribution in [2.75, 3.05) is 18.1 Å². The van der Waals surface area contributed by atoms with Gasteiger partial charge in [-0.25, -0.2) is 0 Å². The Morgan fingerprint density at radius 2 is 1.90 bits per heavy atom. The van der Waals surface area contributed by atoms with Crippen LogP contribution in [0, 0.1) is 5.92 Å². The van der Waals surface area contributed by atoms with Gasteiger partial charge in [-0.15, -0.1) is 0 Å². The highest BCUT2D eigenvalue weighted by Gasteiger charge is 2.55. The fraction of sp³-hybridized carbons (Fsp3) is 0.435. The highest BCUT2D eigenvalue weighted by Crippen LogP contribution is 2.49. The molecule has 3 heterocycles. The zero-order valence-corrected chi connectivity index (χ0v) is 16.3. The molecule has 5 rings (SSSR count).